The van der Waals surface area contributed by atoms with Crippen molar-refractivity contribution < 1.29 is 27.9 Å². The fourth-order valence-corrected chi connectivity index (χ4v) is 8.25. The van der Waals surface area contributed by atoms with Gasteiger partial charge in [0.05, 0.1) is 40.2 Å². The number of hydrogen-bond donors (Lipinski definition) is 2. The van der Waals surface area contributed by atoms with Crippen molar-refractivity contribution in [1.29, 1.82) is 0 Å². The van der Waals surface area contributed by atoms with Crippen molar-refractivity contribution in [3.05, 3.63) is 150 Å². The van der Waals surface area contributed by atoms with Crippen LogP contribution in [-0.2, 0) is 27.7 Å². The number of allylic oxidation sites excluding steroid dienone is 2. The first-order valence-electron chi connectivity index (χ1n) is 16.0. The van der Waals surface area contributed by atoms with Crippen molar-refractivity contribution in [3.63, 3.8) is 0 Å². The molecule has 4 heterocycles. The molecule has 4 atom stereocenters. The Hall–Kier alpha value is -5.60. The van der Waals surface area contributed by atoms with Crippen LogP contribution in [0.15, 0.2) is 112 Å². The van der Waals surface area contributed by atoms with E-state index in [2.05, 4.69) is 10.4 Å². The number of para-hydroxylation sites is 2. The number of amides is 2. The number of nitrogens with zero attached hydrogens (tertiary/aromatic N) is 5. The van der Waals surface area contributed by atoms with Gasteiger partial charge in [-0.15, -0.1) is 0 Å². The van der Waals surface area contributed by atoms with Gasteiger partial charge in [0.1, 0.15) is 5.75 Å². The summed E-state index contributed by atoms with van der Waals surface area (Å²) in [5.74, 6) is -4.56. The number of benzene rings is 3. The number of fused-ring (bicyclic) bond motifs is 4. The zero-order valence-corrected chi connectivity index (χ0v) is 28.1. The zero-order chi connectivity index (χ0) is 36.7. The van der Waals surface area contributed by atoms with Gasteiger partial charge >= 0.3 is 17.6 Å². The van der Waals surface area contributed by atoms with E-state index in [9.17, 15) is 32.7 Å². The van der Waals surface area contributed by atoms with Gasteiger partial charge in [-0.2, -0.15) is 18.2 Å². The smallest absolute Gasteiger partial charge is 0.417 e. The van der Waals surface area contributed by atoms with E-state index in [1.165, 1.54) is 15.4 Å². The molecule has 52 heavy (non-hydrogen) atoms. The van der Waals surface area contributed by atoms with Crippen LogP contribution >= 0.6 is 23.2 Å². The highest BCUT2D eigenvalue weighted by molar-refractivity contribution is 6.33. The van der Waals surface area contributed by atoms with Crippen molar-refractivity contribution in [2.75, 3.05) is 5.43 Å². The number of phenols is 1. The monoisotopic (exact) mass is 748 g/mol. The lowest BCUT2D eigenvalue weighted by Crippen LogP contribution is -2.53. The van der Waals surface area contributed by atoms with E-state index in [-0.39, 0.29) is 30.1 Å². The number of carbonyl (C=O) groups is 2. The predicted molar refractivity (Wildman–Crippen MR) is 183 cm³/mol. The molecule has 0 radical (unpaired) electrons. The van der Waals surface area contributed by atoms with Crippen LogP contribution in [0.25, 0.3) is 5.69 Å². The third kappa shape index (κ3) is 4.84. The maximum absolute atomic E-state index is 15.1. The highest BCUT2D eigenvalue weighted by Gasteiger charge is 2.69. The number of anilines is 1. The Morgan fingerprint density at radius 1 is 0.904 bits per heavy atom. The van der Waals surface area contributed by atoms with Crippen LogP contribution in [0.5, 0.6) is 5.75 Å². The summed E-state index contributed by atoms with van der Waals surface area (Å²) >= 11 is 12.5. The Kier molecular flexibility index (Phi) is 7.73. The average Bonchev–Trinajstić information content (AvgIpc) is 3.50. The minimum atomic E-state index is -4.75. The predicted octanol–water partition coefficient (Wildman–Crippen LogP) is 5.85. The van der Waals surface area contributed by atoms with E-state index in [0.29, 0.717) is 39.1 Å². The molecule has 2 aliphatic heterocycles. The zero-order valence-electron chi connectivity index (χ0n) is 26.6. The van der Waals surface area contributed by atoms with Crippen LogP contribution in [0.4, 0.5) is 19.0 Å². The topological polar surface area (TPSA) is 131 Å². The quantitative estimate of drug-likeness (QED) is 0.171. The molecule has 2 N–H and O–H groups in total. The van der Waals surface area contributed by atoms with Gasteiger partial charge in [-0.05, 0) is 54.0 Å². The number of phenolic OH excluding ortho intramolecular Hbond substituents is 1. The van der Waals surface area contributed by atoms with Crippen molar-refractivity contribution in [1.82, 2.24) is 23.9 Å². The molecule has 11 nitrogen and oxygen atoms in total. The van der Waals surface area contributed by atoms with Crippen LogP contribution in [0.1, 0.15) is 35.1 Å². The summed E-state index contributed by atoms with van der Waals surface area (Å²) in [6.07, 6.45) is -2.66. The molecule has 4 unspecified atom stereocenters. The Bertz CT molecular complexity index is 2440. The number of aromatic nitrogens is 4. The first-order chi connectivity index (χ1) is 24.8. The van der Waals surface area contributed by atoms with Crippen molar-refractivity contribution in [2.24, 2.45) is 5.92 Å². The summed E-state index contributed by atoms with van der Waals surface area (Å²) in [4.78, 5) is 61.6. The van der Waals surface area contributed by atoms with Gasteiger partial charge in [-0.1, -0.05) is 77.8 Å². The van der Waals surface area contributed by atoms with Gasteiger partial charge in [0.2, 0.25) is 0 Å². The summed E-state index contributed by atoms with van der Waals surface area (Å²) in [6, 6.07) is 20.6. The number of aromatic hydroxyl groups is 1. The molecule has 5 aromatic rings. The summed E-state index contributed by atoms with van der Waals surface area (Å²) in [6.45, 7) is -0.0691. The number of nitrogens with one attached hydrogen (secondary N) is 1. The maximum Gasteiger partial charge on any atom is 0.417 e. The highest BCUT2D eigenvalue weighted by atomic mass is 35.5. The Balaban J connectivity index is 1.35. The number of halogens is 5. The second kappa shape index (κ2) is 12.0. The minimum Gasteiger partial charge on any atom is -0.508 e. The Morgan fingerprint density at radius 3 is 2.27 bits per heavy atom. The maximum atomic E-state index is 15.1. The minimum absolute atomic E-state index is 0.0691. The van der Waals surface area contributed by atoms with Gasteiger partial charge in [0.15, 0.2) is 5.82 Å². The largest absolute Gasteiger partial charge is 0.508 e. The molecule has 16 heteroatoms. The molecule has 3 aromatic carbocycles. The van der Waals surface area contributed by atoms with E-state index >= 15 is 4.79 Å². The molecule has 0 bridgehead atoms. The molecule has 8 rings (SSSR count). The number of hydrogen-bond acceptors (Lipinski definition) is 7. The molecular formula is C36H25Cl2F3N6O5. The number of imide groups is 1. The molecule has 1 saturated heterocycles. The van der Waals surface area contributed by atoms with Gasteiger partial charge in [-0.3, -0.25) is 15.0 Å². The molecular weight excluding hydrogens is 724 g/mol. The number of rotatable bonds is 5. The Labute approximate surface area is 301 Å². The summed E-state index contributed by atoms with van der Waals surface area (Å²) in [7, 11) is 0. The Morgan fingerprint density at radius 2 is 1.60 bits per heavy atom. The molecule has 0 spiro atoms. The molecule has 1 aliphatic carbocycles. The van der Waals surface area contributed by atoms with Crippen molar-refractivity contribution in [2.45, 2.75) is 36.5 Å². The lowest BCUT2D eigenvalue weighted by Gasteiger charge is -2.49. The highest BCUT2D eigenvalue weighted by Crippen LogP contribution is 2.62. The van der Waals surface area contributed by atoms with E-state index in [0.717, 1.165) is 4.57 Å². The molecule has 2 aromatic heterocycles. The van der Waals surface area contributed by atoms with Crippen LogP contribution in [0.2, 0.25) is 10.0 Å². The molecule has 2 fully saturated rings. The fraction of sp³-hybridized carbons (Fsp3) is 0.194. The molecule has 2 amide bonds. The van der Waals surface area contributed by atoms with Crippen LogP contribution in [0, 0.1) is 5.92 Å². The summed E-state index contributed by atoms with van der Waals surface area (Å²) in [5, 5.41) is 11.9. The SMILES string of the molecule is O=C1C2CC3C(=CCn4c(=O)n(-c5ccccc5)c(=O)n43)C(c3ccccc3O)C2(c2ccc(Cl)cc2)C(=O)N1Nc1ncc(C(F)(F)F)cc1Cl. The number of hydrazine groups is 1. The molecule has 1 saturated carbocycles. The van der Waals surface area contributed by atoms with Gasteiger partial charge < -0.3 is 5.11 Å². The molecule has 3 aliphatic rings. The third-order valence-electron chi connectivity index (χ3n) is 10.1. The summed E-state index contributed by atoms with van der Waals surface area (Å²) < 4.78 is 43.8. The summed E-state index contributed by atoms with van der Waals surface area (Å²) in [5.41, 5.74) is -0.213. The number of pyridine rings is 1. The number of alkyl halides is 3. The lowest BCUT2D eigenvalue weighted by atomic mass is 9.53. The average molecular weight is 750 g/mol. The second-order valence-electron chi connectivity index (χ2n) is 12.7. The second-order valence-corrected chi connectivity index (χ2v) is 13.5. The van der Waals surface area contributed by atoms with E-state index in [1.54, 1.807) is 78.9 Å². The third-order valence-corrected chi connectivity index (χ3v) is 10.6. The van der Waals surface area contributed by atoms with E-state index < -0.39 is 63.2 Å². The van der Waals surface area contributed by atoms with E-state index in [4.69, 9.17) is 23.2 Å². The van der Waals surface area contributed by atoms with Gasteiger partial charge in [-0.25, -0.2) is 28.5 Å². The van der Waals surface area contributed by atoms with Crippen molar-refractivity contribution in [3.8, 4) is 11.4 Å². The first-order valence-corrected chi connectivity index (χ1v) is 16.7. The fourth-order valence-electron chi connectivity index (χ4n) is 7.92. The van der Waals surface area contributed by atoms with Crippen LogP contribution < -0.4 is 16.8 Å². The number of carbonyl (C=O) groups excluding carboxylic acids is 2. The van der Waals surface area contributed by atoms with Gasteiger partial charge in [0, 0.05) is 22.7 Å². The van der Waals surface area contributed by atoms with Crippen molar-refractivity contribution >= 4 is 40.8 Å². The molecule has 264 valence electrons. The standard InChI is InChI=1S/C36H25Cl2F3N6O5/c37-21-12-10-19(11-13-21)35-25(31(49)46(32(35)50)43-30-26(38)16-20(18-42-30)36(39,40)41)17-27-23(29(35)24-8-4-5-9-28(24)48)14-15-44-33(51)45(34(52)47(27)44)22-6-2-1-3-7-22/h1-14,16,18,25,27,29,48H,15,17H2,(H,42,43). The first kappa shape index (κ1) is 33.5. The normalized spacial score (nSPS) is 22.4. The van der Waals surface area contributed by atoms with Gasteiger partial charge in [0.25, 0.3) is 11.8 Å². The lowest BCUT2D eigenvalue weighted by molar-refractivity contribution is -0.139. The van der Waals surface area contributed by atoms with Crippen LogP contribution in [0.3, 0.4) is 0 Å². The van der Waals surface area contributed by atoms with Crippen LogP contribution in [-0.4, -0.2) is 40.8 Å². The van der Waals surface area contributed by atoms with E-state index in [1.807, 2.05) is 0 Å².